The first-order valence-corrected chi connectivity index (χ1v) is 9.48. The van der Waals surface area contributed by atoms with Crippen LogP contribution in [0.3, 0.4) is 0 Å². The number of carbonyl (C=O) groups excluding carboxylic acids is 1. The largest absolute Gasteiger partial charge is 0.372 e. The van der Waals surface area contributed by atoms with Crippen LogP contribution in [-0.2, 0) is 17.6 Å². The van der Waals surface area contributed by atoms with Gasteiger partial charge in [0.15, 0.2) is 0 Å². The van der Waals surface area contributed by atoms with Crippen LogP contribution in [0.5, 0.6) is 0 Å². The number of anilines is 2. The van der Waals surface area contributed by atoms with Crippen molar-refractivity contribution in [2.45, 2.75) is 77.7 Å². The number of unbranched alkanes of at least 4 members (excludes halogenated alkanes) is 3. The van der Waals surface area contributed by atoms with Crippen molar-refractivity contribution in [3.8, 4) is 0 Å². The smallest absolute Gasteiger partial charge is 0.249 e. The van der Waals surface area contributed by atoms with Gasteiger partial charge in [0, 0.05) is 6.54 Å². The van der Waals surface area contributed by atoms with Crippen molar-refractivity contribution in [2.24, 2.45) is 0 Å². The second kappa shape index (κ2) is 7.37. The molecule has 1 N–H and O–H groups in total. The van der Waals surface area contributed by atoms with Crippen LogP contribution in [0.25, 0.3) is 0 Å². The number of nitrogens with one attached hydrogen (secondary N) is 1. The van der Waals surface area contributed by atoms with E-state index in [4.69, 9.17) is 0 Å². The van der Waals surface area contributed by atoms with Gasteiger partial charge in [0.2, 0.25) is 5.91 Å². The molecule has 3 nitrogen and oxygen atoms in total. The summed E-state index contributed by atoms with van der Waals surface area (Å²) in [5, 5.41) is 3.49. The van der Waals surface area contributed by atoms with E-state index in [0.29, 0.717) is 0 Å². The van der Waals surface area contributed by atoms with Crippen molar-refractivity contribution in [3.05, 3.63) is 23.3 Å². The van der Waals surface area contributed by atoms with E-state index in [1.54, 1.807) is 0 Å². The Labute approximate surface area is 140 Å². The van der Waals surface area contributed by atoms with Crippen molar-refractivity contribution in [1.29, 1.82) is 0 Å². The molecule has 1 aromatic rings. The highest BCUT2D eigenvalue weighted by Gasteiger charge is 2.32. The summed E-state index contributed by atoms with van der Waals surface area (Å²) >= 11 is 0. The van der Waals surface area contributed by atoms with Gasteiger partial charge in [-0.1, -0.05) is 33.1 Å². The van der Waals surface area contributed by atoms with Crippen LogP contribution in [0.1, 0.15) is 69.9 Å². The van der Waals surface area contributed by atoms with E-state index in [1.807, 2.05) is 0 Å². The average Bonchev–Trinajstić information content (AvgIpc) is 2.58. The molecule has 23 heavy (non-hydrogen) atoms. The second-order valence-electron chi connectivity index (χ2n) is 7.00. The van der Waals surface area contributed by atoms with E-state index in [0.717, 1.165) is 31.5 Å². The molecule has 0 spiro atoms. The summed E-state index contributed by atoms with van der Waals surface area (Å²) in [6, 6.07) is 4.55. The highest BCUT2D eigenvalue weighted by Crippen LogP contribution is 2.37. The Kier molecular flexibility index (Phi) is 5.24. The van der Waals surface area contributed by atoms with Gasteiger partial charge in [0.1, 0.15) is 6.04 Å². The number of amides is 1. The zero-order chi connectivity index (χ0) is 16.2. The van der Waals surface area contributed by atoms with E-state index >= 15 is 0 Å². The summed E-state index contributed by atoms with van der Waals surface area (Å²) in [7, 11) is 0. The third-order valence-corrected chi connectivity index (χ3v) is 5.29. The van der Waals surface area contributed by atoms with Gasteiger partial charge in [-0.3, -0.25) is 4.79 Å². The minimum atomic E-state index is -0.0599. The fourth-order valence-electron chi connectivity index (χ4n) is 3.87. The lowest BCUT2D eigenvalue weighted by Crippen LogP contribution is -2.47. The number of fused-ring (bicyclic) bond motifs is 2. The molecule has 0 fully saturated rings. The van der Waals surface area contributed by atoms with Crippen molar-refractivity contribution in [2.75, 3.05) is 16.8 Å². The van der Waals surface area contributed by atoms with Gasteiger partial charge in [-0.15, -0.1) is 0 Å². The van der Waals surface area contributed by atoms with Crippen LogP contribution in [0.15, 0.2) is 12.1 Å². The average molecular weight is 314 g/mol. The number of benzene rings is 1. The van der Waals surface area contributed by atoms with Crippen LogP contribution < -0.4 is 10.2 Å². The molecule has 1 aromatic carbocycles. The van der Waals surface area contributed by atoms with Crippen molar-refractivity contribution >= 4 is 17.3 Å². The van der Waals surface area contributed by atoms with E-state index in [-0.39, 0.29) is 11.9 Å². The van der Waals surface area contributed by atoms with Gasteiger partial charge in [-0.25, -0.2) is 0 Å². The number of carbonyl (C=O) groups is 1. The Morgan fingerprint density at radius 3 is 2.52 bits per heavy atom. The van der Waals surface area contributed by atoms with E-state index in [1.165, 1.54) is 55.3 Å². The number of hydrogen-bond acceptors (Lipinski definition) is 2. The number of aryl methyl sites for hydroxylation is 2. The first-order valence-electron chi connectivity index (χ1n) is 9.48. The number of rotatable bonds is 6. The molecule has 1 heterocycles. The molecular formula is C20H30N2O. The van der Waals surface area contributed by atoms with Crippen LogP contribution in [0, 0.1) is 0 Å². The Bertz CT molecular complexity index is 567. The van der Waals surface area contributed by atoms with Crippen LogP contribution >= 0.6 is 0 Å². The molecule has 1 atom stereocenters. The molecule has 0 bridgehead atoms. The van der Waals surface area contributed by atoms with E-state index < -0.39 is 0 Å². The molecule has 1 unspecified atom stereocenters. The maximum absolute atomic E-state index is 12.8. The molecular weight excluding hydrogens is 284 g/mol. The zero-order valence-corrected chi connectivity index (χ0v) is 14.7. The minimum absolute atomic E-state index is 0.0599. The Hall–Kier alpha value is -1.51. The molecule has 1 aliphatic heterocycles. The quantitative estimate of drug-likeness (QED) is 0.773. The van der Waals surface area contributed by atoms with Gasteiger partial charge in [-0.05, 0) is 61.8 Å². The van der Waals surface area contributed by atoms with E-state index in [9.17, 15) is 4.79 Å². The van der Waals surface area contributed by atoms with Crippen molar-refractivity contribution < 1.29 is 4.79 Å². The number of nitrogens with zero attached hydrogens (tertiary/aromatic N) is 1. The molecule has 0 aromatic heterocycles. The molecule has 0 radical (unpaired) electrons. The van der Waals surface area contributed by atoms with Gasteiger partial charge >= 0.3 is 0 Å². The molecule has 1 aliphatic carbocycles. The normalized spacial score (nSPS) is 20.0. The van der Waals surface area contributed by atoms with Crippen molar-refractivity contribution in [3.63, 3.8) is 0 Å². The molecule has 3 rings (SSSR count). The maximum Gasteiger partial charge on any atom is 0.249 e. The highest BCUT2D eigenvalue weighted by molar-refractivity contribution is 6.05. The van der Waals surface area contributed by atoms with Crippen LogP contribution in [0.2, 0.25) is 0 Å². The van der Waals surface area contributed by atoms with Gasteiger partial charge < -0.3 is 10.2 Å². The summed E-state index contributed by atoms with van der Waals surface area (Å²) in [5.41, 5.74) is 5.24. The first kappa shape index (κ1) is 16.4. The predicted molar refractivity (Wildman–Crippen MR) is 97.3 cm³/mol. The third kappa shape index (κ3) is 3.39. The molecule has 0 saturated carbocycles. The molecule has 126 valence electrons. The second-order valence-corrected chi connectivity index (χ2v) is 7.00. The van der Waals surface area contributed by atoms with Gasteiger partial charge in [0.25, 0.3) is 0 Å². The van der Waals surface area contributed by atoms with E-state index in [2.05, 4.69) is 36.2 Å². The lowest BCUT2D eigenvalue weighted by Gasteiger charge is -2.36. The van der Waals surface area contributed by atoms with Crippen LogP contribution in [-0.4, -0.2) is 18.5 Å². The summed E-state index contributed by atoms with van der Waals surface area (Å²) in [6.07, 6.45) is 10.6. The van der Waals surface area contributed by atoms with Gasteiger partial charge in [0.05, 0.1) is 11.4 Å². The first-order chi connectivity index (χ1) is 11.2. The van der Waals surface area contributed by atoms with Gasteiger partial charge in [-0.2, -0.15) is 0 Å². The SMILES string of the molecule is CCCCCCN1C(=O)C(CC)Nc2cc3c(cc21)CCCC3. The third-order valence-electron chi connectivity index (χ3n) is 5.29. The Morgan fingerprint density at radius 2 is 1.83 bits per heavy atom. The minimum Gasteiger partial charge on any atom is -0.372 e. The monoisotopic (exact) mass is 314 g/mol. The lowest BCUT2D eigenvalue weighted by molar-refractivity contribution is -0.119. The lowest BCUT2D eigenvalue weighted by atomic mass is 9.89. The summed E-state index contributed by atoms with van der Waals surface area (Å²) in [5.74, 6) is 0.257. The number of hydrogen-bond donors (Lipinski definition) is 1. The van der Waals surface area contributed by atoms with Crippen LogP contribution in [0.4, 0.5) is 11.4 Å². The Balaban J connectivity index is 1.87. The summed E-state index contributed by atoms with van der Waals surface area (Å²) in [6.45, 7) is 5.18. The highest BCUT2D eigenvalue weighted by atomic mass is 16.2. The zero-order valence-electron chi connectivity index (χ0n) is 14.7. The summed E-state index contributed by atoms with van der Waals surface area (Å²) in [4.78, 5) is 14.9. The fraction of sp³-hybridized carbons (Fsp3) is 0.650. The topological polar surface area (TPSA) is 32.3 Å². The molecule has 1 amide bonds. The summed E-state index contributed by atoms with van der Waals surface area (Å²) < 4.78 is 0. The molecule has 2 aliphatic rings. The van der Waals surface area contributed by atoms with Crippen molar-refractivity contribution in [1.82, 2.24) is 0 Å². The maximum atomic E-state index is 12.8. The predicted octanol–water partition coefficient (Wildman–Crippen LogP) is 4.68. The molecule has 3 heteroatoms. The molecule has 0 saturated heterocycles. The fourth-order valence-corrected chi connectivity index (χ4v) is 3.87. The standard InChI is InChI=1S/C20H30N2O/c1-3-5-6-9-12-22-19-14-16-11-8-7-10-15(16)13-18(19)21-17(4-2)20(22)23/h13-14,17,21H,3-12H2,1-2H3. The Morgan fingerprint density at radius 1 is 1.09 bits per heavy atom.